The first kappa shape index (κ1) is 11.1. The fourth-order valence-electron chi connectivity index (χ4n) is 1.33. The fourth-order valence-corrected chi connectivity index (χ4v) is 1.33. The molecule has 88 valence electrons. The standard InChI is InChI=1S/C11H12N4O2/c1-8(16)13-11-10(14-17-15-11)12-7-9-5-3-2-4-6-9/h2-6H,7H2,1H3,(H,12,14)(H,13,15,16). The molecule has 6 heteroatoms. The number of rotatable bonds is 4. The molecule has 0 unspecified atom stereocenters. The highest BCUT2D eigenvalue weighted by Gasteiger charge is 2.10. The molecule has 0 fully saturated rings. The van der Waals surface area contributed by atoms with E-state index in [4.69, 9.17) is 0 Å². The molecule has 0 atom stereocenters. The van der Waals surface area contributed by atoms with Gasteiger partial charge in [-0.2, -0.15) is 0 Å². The topological polar surface area (TPSA) is 80.1 Å². The van der Waals surface area contributed by atoms with Crippen LogP contribution in [-0.4, -0.2) is 16.2 Å². The molecule has 1 aromatic carbocycles. The van der Waals surface area contributed by atoms with E-state index in [2.05, 4.69) is 25.6 Å². The summed E-state index contributed by atoms with van der Waals surface area (Å²) in [6.45, 7) is 1.98. The zero-order chi connectivity index (χ0) is 12.1. The Balaban J connectivity index is 2.00. The summed E-state index contributed by atoms with van der Waals surface area (Å²) in [5.41, 5.74) is 1.10. The lowest BCUT2D eigenvalue weighted by Crippen LogP contribution is -2.09. The van der Waals surface area contributed by atoms with Gasteiger partial charge in [-0.25, -0.2) is 4.63 Å². The van der Waals surface area contributed by atoms with Crippen LogP contribution in [0.1, 0.15) is 12.5 Å². The summed E-state index contributed by atoms with van der Waals surface area (Å²) >= 11 is 0. The third-order valence-electron chi connectivity index (χ3n) is 2.09. The van der Waals surface area contributed by atoms with Crippen LogP contribution in [0, 0.1) is 0 Å². The molecule has 17 heavy (non-hydrogen) atoms. The van der Waals surface area contributed by atoms with Crippen LogP contribution in [0.3, 0.4) is 0 Å². The fraction of sp³-hybridized carbons (Fsp3) is 0.182. The highest BCUT2D eigenvalue weighted by Crippen LogP contribution is 2.16. The number of anilines is 2. The van der Waals surface area contributed by atoms with Gasteiger partial charge < -0.3 is 10.6 Å². The predicted molar refractivity (Wildman–Crippen MR) is 62.4 cm³/mol. The summed E-state index contributed by atoms with van der Waals surface area (Å²) in [7, 11) is 0. The molecule has 2 N–H and O–H groups in total. The monoisotopic (exact) mass is 232 g/mol. The van der Waals surface area contributed by atoms with Crippen molar-refractivity contribution in [3.05, 3.63) is 35.9 Å². The SMILES string of the molecule is CC(=O)Nc1nonc1NCc1ccccc1. The molecule has 1 amide bonds. The molecule has 0 aliphatic carbocycles. The van der Waals surface area contributed by atoms with E-state index in [0.29, 0.717) is 18.2 Å². The average Bonchev–Trinajstić information content (AvgIpc) is 2.74. The number of hydrogen-bond acceptors (Lipinski definition) is 5. The molecule has 2 aromatic rings. The number of hydrogen-bond donors (Lipinski definition) is 2. The van der Waals surface area contributed by atoms with Gasteiger partial charge in [0.2, 0.25) is 17.5 Å². The number of nitrogens with zero attached hydrogens (tertiary/aromatic N) is 2. The van der Waals surface area contributed by atoms with Crippen LogP contribution in [0.5, 0.6) is 0 Å². The maximum atomic E-state index is 10.9. The van der Waals surface area contributed by atoms with Gasteiger partial charge in [-0.15, -0.1) is 0 Å². The normalized spacial score (nSPS) is 9.94. The Morgan fingerprint density at radius 2 is 1.94 bits per heavy atom. The molecule has 0 bridgehead atoms. The van der Waals surface area contributed by atoms with Crippen molar-refractivity contribution in [1.82, 2.24) is 10.3 Å². The minimum absolute atomic E-state index is 0.219. The lowest BCUT2D eigenvalue weighted by atomic mass is 10.2. The van der Waals surface area contributed by atoms with Gasteiger partial charge in [0.25, 0.3) is 0 Å². The van der Waals surface area contributed by atoms with Crippen LogP contribution in [-0.2, 0) is 11.3 Å². The van der Waals surface area contributed by atoms with Gasteiger partial charge in [0.05, 0.1) is 0 Å². The Morgan fingerprint density at radius 1 is 1.24 bits per heavy atom. The smallest absolute Gasteiger partial charge is 0.222 e. The third-order valence-corrected chi connectivity index (χ3v) is 2.09. The average molecular weight is 232 g/mol. The predicted octanol–water partition coefficient (Wildman–Crippen LogP) is 1.64. The van der Waals surface area contributed by atoms with Crippen LogP contribution in [0.25, 0.3) is 0 Å². The summed E-state index contributed by atoms with van der Waals surface area (Å²) in [5, 5.41) is 12.8. The minimum atomic E-state index is -0.219. The maximum absolute atomic E-state index is 10.9. The van der Waals surface area contributed by atoms with Crippen molar-refractivity contribution >= 4 is 17.5 Å². The second-order valence-corrected chi connectivity index (χ2v) is 3.48. The number of aromatic nitrogens is 2. The Bertz CT molecular complexity index is 495. The summed E-state index contributed by atoms with van der Waals surface area (Å²) in [6.07, 6.45) is 0. The van der Waals surface area contributed by atoms with Crippen LogP contribution in [0.2, 0.25) is 0 Å². The zero-order valence-electron chi connectivity index (χ0n) is 9.30. The Kier molecular flexibility index (Phi) is 3.34. The van der Waals surface area contributed by atoms with Gasteiger partial charge in [-0.05, 0) is 15.9 Å². The van der Waals surface area contributed by atoms with E-state index in [-0.39, 0.29) is 5.91 Å². The van der Waals surface area contributed by atoms with E-state index in [1.54, 1.807) is 0 Å². The molecule has 0 saturated heterocycles. The molecule has 0 aliphatic rings. The summed E-state index contributed by atoms with van der Waals surface area (Å²) in [6, 6.07) is 9.82. The Labute approximate surface area is 98.0 Å². The third kappa shape index (κ3) is 3.04. The van der Waals surface area contributed by atoms with Crippen LogP contribution in [0.15, 0.2) is 35.0 Å². The Hall–Kier alpha value is -2.37. The van der Waals surface area contributed by atoms with Gasteiger partial charge in [0.15, 0.2) is 0 Å². The van der Waals surface area contributed by atoms with Crippen molar-refractivity contribution in [3.63, 3.8) is 0 Å². The van der Waals surface area contributed by atoms with Crippen LogP contribution < -0.4 is 10.6 Å². The summed E-state index contributed by atoms with van der Waals surface area (Å²) < 4.78 is 4.56. The van der Waals surface area contributed by atoms with Crippen molar-refractivity contribution in [2.75, 3.05) is 10.6 Å². The van der Waals surface area contributed by atoms with Gasteiger partial charge in [-0.3, -0.25) is 4.79 Å². The quantitative estimate of drug-likeness (QED) is 0.837. The maximum Gasteiger partial charge on any atom is 0.222 e. The first-order valence-corrected chi connectivity index (χ1v) is 5.13. The molecule has 6 nitrogen and oxygen atoms in total. The number of amides is 1. The molecule has 0 radical (unpaired) electrons. The lowest BCUT2D eigenvalue weighted by molar-refractivity contribution is -0.114. The van der Waals surface area contributed by atoms with Gasteiger partial charge in [0, 0.05) is 13.5 Å². The van der Waals surface area contributed by atoms with Gasteiger partial charge in [0.1, 0.15) is 0 Å². The van der Waals surface area contributed by atoms with Crippen molar-refractivity contribution in [2.24, 2.45) is 0 Å². The molecule has 2 rings (SSSR count). The molecule has 0 spiro atoms. The molecule has 1 aromatic heterocycles. The number of nitrogens with one attached hydrogen (secondary N) is 2. The van der Waals surface area contributed by atoms with Gasteiger partial charge >= 0.3 is 0 Å². The van der Waals surface area contributed by atoms with Gasteiger partial charge in [-0.1, -0.05) is 30.3 Å². The number of carbonyl (C=O) groups is 1. The van der Waals surface area contributed by atoms with E-state index in [9.17, 15) is 4.79 Å². The van der Waals surface area contributed by atoms with E-state index < -0.39 is 0 Å². The van der Waals surface area contributed by atoms with E-state index in [1.165, 1.54) is 6.92 Å². The Morgan fingerprint density at radius 3 is 2.65 bits per heavy atom. The van der Waals surface area contributed by atoms with Crippen molar-refractivity contribution in [2.45, 2.75) is 13.5 Å². The van der Waals surface area contributed by atoms with Crippen molar-refractivity contribution in [3.8, 4) is 0 Å². The summed E-state index contributed by atoms with van der Waals surface area (Å²) in [4.78, 5) is 10.9. The first-order chi connectivity index (χ1) is 8.25. The van der Waals surface area contributed by atoms with Crippen molar-refractivity contribution < 1.29 is 9.42 Å². The highest BCUT2D eigenvalue weighted by molar-refractivity contribution is 5.90. The first-order valence-electron chi connectivity index (χ1n) is 5.13. The molecule has 0 saturated carbocycles. The van der Waals surface area contributed by atoms with E-state index in [0.717, 1.165) is 5.56 Å². The zero-order valence-corrected chi connectivity index (χ0v) is 9.30. The van der Waals surface area contributed by atoms with Crippen molar-refractivity contribution in [1.29, 1.82) is 0 Å². The second kappa shape index (κ2) is 5.11. The van der Waals surface area contributed by atoms with E-state index >= 15 is 0 Å². The second-order valence-electron chi connectivity index (χ2n) is 3.48. The highest BCUT2D eigenvalue weighted by atomic mass is 16.6. The molecular formula is C11H12N4O2. The molecule has 0 aliphatic heterocycles. The largest absolute Gasteiger partial charge is 0.360 e. The van der Waals surface area contributed by atoms with Crippen LogP contribution in [0.4, 0.5) is 11.6 Å². The summed E-state index contributed by atoms with van der Waals surface area (Å²) in [5.74, 6) is 0.501. The lowest BCUT2D eigenvalue weighted by Gasteiger charge is -2.03. The minimum Gasteiger partial charge on any atom is -0.360 e. The number of benzene rings is 1. The van der Waals surface area contributed by atoms with Crippen LogP contribution >= 0.6 is 0 Å². The molecule has 1 heterocycles. The van der Waals surface area contributed by atoms with E-state index in [1.807, 2.05) is 30.3 Å². The number of carbonyl (C=O) groups excluding carboxylic acids is 1. The molecular weight excluding hydrogens is 220 g/mol.